The van der Waals surface area contributed by atoms with E-state index in [9.17, 15) is 10.1 Å². The average Bonchev–Trinajstić information content (AvgIpc) is 1.90. The zero-order chi connectivity index (χ0) is 8.15. The SMILES string of the molecule is CCC(CC)N(O)[N+](=O)[O-]. The van der Waals surface area contributed by atoms with Crippen molar-refractivity contribution in [2.24, 2.45) is 0 Å². The van der Waals surface area contributed by atoms with Crippen LogP contribution in [0, 0.1) is 10.1 Å². The Balaban J connectivity index is 3.88. The highest BCUT2D eigenvalue weighted by atomic mass is 16.8. The van der Waals surface area contributed by atoms with Gasteiger partial charge in [-0.1, -0.05) is 13.8 Å². The lowest BCUT2D eigenvalue weighted by atomic mass is 10.2. The summed E-state index contributed by atoms with van der Waals surface area (Å²) in [5, 5.41) is 18.0. The first-order chi connectivity index (χ1) is 4.63. The number of nitro groups is 1. The van der Waals surface area contributed by atoms with Crippen molar-refractivity contribution in [1.29, 1.82) is 0 Å². The van der Waals surface area contributed by atoms with Crippen LogP contribution in [0.15, 0.2) is 0 Å². The van der Waals surface area contributed by atoms with Crippen LogP contribution in [-0.4, -0.2) is 21.5 Å². The maximum absolute atomic E-state index is 9.94. The van der Waals surface area contributed by atoms with Crippen LogP contribution < -0.4 is 0 Å². The molecule has 0 saturated carbocycles. The van der Waals surface area contributed by atoms with Crippen molar-refractivity contribution >= 4 is 0 Å². The molecule has 0 fully saturated rings. The van der Waals surface area contributed by atoms with Gasteiger partial charge in [-0.15, -0.1) is 0 Å². The molecule has 0 aromatic carbocycles. The first-order valence-corrected chi connectivity index (χ1v) is 3.25. The molecule has 60 valence electrons. The Morgan fingerprint density at radius 1 is 1.60 bits per heavy atom. The third-order valence-electron chi connectivity index (χ3n) is 1.44. The summed E-state index contributed by atoms with van der Waals surface area (Å²) < 4.78 is 0. The molecule has 0 bridgehead atoms. The largest absolute Gasteiger partial charge is 0.236 e. The summed E-state index contributed by atoms with van der Waals surface area (Å²) in [6, 6.07) is -0.366. The normalized spacial score (nSPS) is 10.0. The quantitative estimate of drug-likeness (QED) is 0.478. The number of rotatable bonds is 4. The Morgan fingerprint density at radius 2 is 2.00 bits per heavy atom. The second kappa shape index (κ2) is 4.05. The van der Waals surface area contributed by atoms with E-state index >= 15 is 0 Å². The maximum atomic E-state index is 9.94. The predicted octanol–water partition coefficient (Wildman–Crippen LogP) is 1.06. The minimum Gasteiger partial charge on any atom is -0.236 e. The molecule has 0 spiro atoms. The van der Waals surface area contributed by atoms with Gasteiger partial charge in [-0.2, -0.15) is 0 Å². The molecule has 0 amide bonds. The molecule has 0 aliphatic rings. The van der Waals surface area contributed by atoms with E-state index in [4.69, 9.17) is 5.21 Å². The van der Waals surface area contributed by atoms with E-state index in [0.29, 0.717) is 12.8 Å². The molecule has 10 heavy (non-hydrogen) atoms. The minimum absolute atomic E-state index is 0.167. The van der Waals surface area contributed by atoms with Crippen molar-refractivity contribution in [3.05, 3.63) is 10.1 Å². The van der Waals surface area contributed by atoms with Crippen LogP contribution in [0.3, 0.4) is 0 Å². The Morgan fingerprint density at radius 3 is 2.10 bits per heavy atom. The highest BCUT2D eigenvalue weighted by Gasteiger charge is 2.20. The second-order valence-electron chi connectivity index (χ2n) is 2.03. The van der Waals surface area contributed by atoms with E-state index in [1.54, 1.807) is 13.8 Å². The summed E-state index contributed by atoms with van der Waals surface area (Å²) in [6.45, 7) is 3.59. The molecule has 0 radical (unpaired) electrons. The summed E-state index contributed by atoms with van der Waals surface area (Å²) in [6.07, 6.45) is 1.15. The minimum atomic E-state index is -0.808. The fourth-order valence-electron chi connectivity index (χ4n) is 0.749. The molecule has 0 aromatic rings. The summed E-state index contributed by atoms with van der Waals surface area (Å²) >= 11 is 0. The topological polar surface area (TPSA) is 66.6 Å². The third-order valence-corrected chi connectivity index (χ3v) is 1.44. The average molecular weight is 148 g/mol. The van der Waals surface area contributed by atoms with E-state index in [-0.39, 0.29) is 11.2 Å². The van der Waals surface area contributed by atoms with Crippen LogP contribution in [0.25, 0.3) is 0 Å². The molecule has 0 heterocycles. The van der Waals surface area contributed by atoms with Crippen molar-refractivity contribution < 1.29 is 10.2 Å². The monoisotopic (exact) mass is 148 g/mol. The first kappa shape index (κ1) is 9.16. The molecule has 0 aliphatic carbocycles. The highest BCUT2D eigenvalue weighted by molar-refractivity contribution is 4.53. The summed E-state index contributed by atoms with van der Waals surface area (Å²) in [4.78, 5) is 9.94. The lowest BCUT2D eigenvalue weighted by Crippen LogP contribution is -2.36. The van der Waals surface area contributed by atoms with Gasteiger partial charge in [0.25, 0.3) is 0 Å². The first-order valence-electron chi connectivity index (χ1n) is 3.25. The number of nitrogens with zero attached hydrogens (tertiary/aromatic N) is 2. The lowest BCUT2D eigenvalue weighted by Gasteiger charge is -2.14. The lowest BCUT2D eigenvalue weighted by molar-refractivity contribution is -0.738. The van der Waals surface area contributed by atoms with Gasteiger partial charge >= 0.3 is 0 Å². The summed E-state index contributed by atoms with van der Waals surface area (Å²) in [7, 11) is 0. The molecule has 0 saturated heterocycles. The van der Waals surface area contributed by atoms with Gasteiger partial charge in [0.1, 0.15) is 6.04 Å². The van der Waals surface area contributed by atoms with Crippen molar-refractivity contribution in [3.8, 4) is 0 Å². The molecule has 0 aliphatic heterocycles. The van der Waals surface area contributed by atoms with Gasteiger partial charge in [-0.25, -0.2) is 15.3 Å². The molecule has 0 rings (SSSR count). The smallest absolute Gasteiger partial charge is 0.187 e. The van der Waals surface area contributed by atoms with E-state index in [0.717, 1.165) is 0 Å². The predicted molar refractivity (Wildman–Crippen MR) is 35.0 cm³/mol. The molecule has 0 atom stereocenters. The van der Waals surface area contributed by atoms with Gasteiger partial charge in [0.05, 0.1) is 0 Å². The van der Waals surface area contributed by atoms with Crippen LogP contribution in [-0.2, 0) is 0 Å². The van der Waals surface area contributed by atoms with Gasteiger partial charge in [0.15, 0.2) is 5.03 Å². The Labute approximate surface area is 59.3 Å². The number of hydroxylamine groups is 1. The zero-order valence-electron chi connectivity index (χ0n) is 6.15. The number of hydrogen-bond donors (Lipinski definition) is 1. The van der Waals surface area contributed by atoms with Crippen LogP contribution in [0.2, 0.25) is 0 Å². The molecular formula is C5H12N2O3. The van der Waals surface area contributed by atoms with Gasteiger partial charge in [0, 0.05) is 5.17 Å². The summed E-state index contributed by atoms with van der Waals surface area (Å²) in [5.74, 6) is 0. The van der Waals surface area contributed by atoms with Crippen molar-refractivity contribution in [1.82, 2.24) is 5.17 Å². The zero-order valence-corrected chi connectivity index (χ0v) is 6.15. The Kier molecular flexibility index (Phi) is 3.71. The second-order valence-corrected chi connectivity index (χ2v) is 2.03. The van der Waals surface area contributed by atoms with E-state index in [2.05, 4.69) is 0 Å². The summed E-state index contributed by atoms with van der Waals surface area (Å²) in [5.41, 5.74) is 0. The Hall–Kier alpha value is -0.840. The molecule has 1 N–H and O–H groups in total. The van der Waals surface area contributed by atoms with Gasteiger partial charge in [-0.05, 0) is 12.8 Å². The van der Waals surface area contributed by atoms with Crippen LogP contribution in [0.1, 0.15) is 26.7 Å². The fourth-order valence-corrected chi connectivity index (χ4v) is 0.749. The molecular weight excluding hydrogens is 136 g/mol. The van der Waals surface area contributed by atoms with Gasteiger partial charge in [-0.3, -0.25) is 0 Å². The maximum Gasteiger partial charge on any atom is 0.187 e. The van der Waals surface area contributed by atoms with Crippen LogP contribution >= 0.6 is 0 Å². The standard InChI is InChI=1S/C5H12N2O3/c1-3-5(4-2)6(8)7(9)10/h5,8H,3-4H2,1-2H3. The highest BCUT2D eigenvalue weighted by Crippen LogP contribution is 2.04. The van der Waals surface area contributed by atoms with E-state index < -0.39 is 5.03 Å². The number of hydrazine groups is 1. The van der Waals surface area contributed by atoms with E-state index in [1.165, 1.54) is 0 Å². The van der Waals surface area contributed by atoms with Crippen molar-refractivity contribution in [3.63, 3.8) is 0 Å². The van der Waals surface area contributed by atoms with E-state index in [1.807, 2.05) is 0 Å². The number of hydrogen-bond acceptors (Lipinski definition) is 3. The van der Waals surface area contributed by atoms with Gasteiger partial charge in [0.2, 0.25) is 0 Å². The van der Waals surface area contributed by atoms with Gasteiger partial charge < -0.3 is 0 Å². The molecule has 0 unspecified atom stereocenters. The fraction of sp³-hybridized carbons (Fsp3) is 1.00. The van der Waals surface area contributed by atoms with Crippen LogP contribution in [0.4, 0.5) is 0 Å². The van der Waals surface area contributed by atoms with Crippen molar-refractivity contribution in [2.75, 3.05) is 0 Å². The molecule has 5 nitrogen and oxygen atoms in total. The third kappa shape index (κ3) is 2.18. The molecule has 0 aromatic heterocycles. The Bertz CT molecular complexity index is 113. The molecule has 5 heteroatoms. The van der Waals surface area contributed by atoms with Crippen molar-refractivity contribution in [2.45, 2.75) is 32.7 Å². The van der Waals surface area contributed by atoms with Crippen LogP contribution in [0.5, 0.6) is 0 Å².